The predicted octanol–water partition coefficient (Wildman–Crippen LogP) is 2.40. The van der Waals surface area contributed by atoms with E-state index in [2.05, 4.69) is 0 Å². The molecule has 3 nitrogen and oxygen atoms in total. The summed E-state index contributed by atoms with van der Waals surface area (Å²) in [5.41, 5.74) is 0. The molecule has 0 radical (unpaired) electrons. The Bertz CT molecular complexity index is 307. The lowest BCUT2D eigenvalue weighted by atomic mass is 10.1. The summed E-state index contributed by atoms with van der Waals surface area (Å²) in [6.07, 6.45) is 2.63. The summed E-state index contributed by atoms with van der Waals surface area (Å²) in [7, 11) is 0. The summed E-state index contributed by atoms with van der Waals surface area (Å²) in [6, 6.07) is 3.25. The number of hydrogen-bond acceptors (Lipinski definition) is 3. The largest absolute Gasteiger partial charge is 0.504 e. The molecule has 0 spiro atoms. The van der Waals surface area contributed by atoms with Gasteiger partial charge in [-0.05, 0) is 12.1 Å². The highest BCUT2D eigenvalue weighted by atomic mass is 16.4. The molecule has 0 aliphatic rings. The van der Waals surface area contributed by atoms with Crippen LogP contribution in [0.3, 0.4) is 0 Å². The summed E-state index contributed by atoms with van der Waals surface area (Å²) in [5.74, 6) is -0.0382. The highest BCUT2D eigenvalue weighted by molar-refractivity contribution is 5.96. The second kappa shape index (κ2) is 3.94. The van der Waals surface area contributed by atoms with E-state index in [9.17, 15) is 9.90 Å². The maximum Gasteiger partial charge on any atom is 0.168 e. The molecule has 0 aliphatic heterocycles. The molecule has 0 saturated heterocycles. The van der Waals surface area contributed by atoms with Crippen molar-refractivity contribution in [2.75, 3.05) is 0 Å². The SMILES string of the molecule is CC(C)C(=O)/C=C(\O)c1ccco1. The minimum Gasteiger partial charge on any atom is -0.504 e. The number of hydrogen-bond donors (Lipinski definition) is 1. The number of furan rings is 1. The molecule has 0 amide bonds. The summed E-state index contributed by atoms with van der Waals surface area (Å²) >= 11 is 0. The lowest BCUT2D eigenvalue weighted by Crippen LogP contribution is -2.03. The third kappa shape index (κ3) is 2.47. The fraction of sp³-hybridized carbons (Fsp3) is 0.300. The average molecular weight is 180 g/mol. The molecule has 0 fully saturated rings. The minimum atomic E-state index is -0.122. The first-order valence-corrected chi connectivity index (χ1v) is 4.09. The van der Waals surface area contributed by atoms with Crippen LogP contribution in [0.4, 0.5) is 0 Å². The van der Waals surface area contributed by atoms with E-state index in [1.165, 1.54) is 12.3 Å². The molecule has 0 unspecified atom stereocenters. The Morgan fingerprint density at radius 1 is 1.62 bits per heavy atom. The van der Waals surface area contributed by atoms with Gasteiger partial charge in [0.15, 0.2) is 17.3 Å². The summed E-state index contributed by atoms with van der Waals surface area (Å²) in [4.78, 5) is 11.2. The lowest BCUT2D eigenvalue weighted by molar-refractivity contribution is -0.117. The normalized spacial score (nSPS) is 12.1. The Kier molecular flexibility index (Phi) is 2.90. The van der Waals surface area contributed by atoms with Crippen LogP contribution in [0.2, 0.25) is 0 Å². The van der Waals surface area contributed by atoms with Gasteiger partial charge >= 0.3 is 0 Å². The van der Waals surface area contributed by atoms with Crippen molar-refractivity contribution in [3.05, 3.63) is 30.2 Å². The van der Waals surface area contributed by atoms with Gasteiger partial charge in [0.1, 0.15) is 0 Å². The van der Waals surface area contributed by atoms with Crippen molar-refractivity contribution in [1.29, 1.82) is 0 Å². The van der Waals surface area contributed by atoms with Crippen LogP contribution < -0.4 is 0 Å². The monoisotopic (exact) mass is 180 g/mol. The number of allylic oxidation sites excluding steroid dienone is 1. The van der Waals surface area contributed by atoms with Gasteiger partial charge in [0, 0.05) is 12.0 Å². The molecule has 0 saturated carbocycles. The summed E-state index contributed by atoms with van der Waals surface area (Å²) in [5, 5.41) is 9.38. The maximum absolute atomic E-state index is 11.2. The van der Waals surface area contributed by atoms with E-state index in [4.69, 9.17) is 4.42 Å². The van der Waals surface area contributed by atoms with Crippen molar-refractivity contribution >= 4 is 11.5 Å². The van der Waals surface area contributed by atoms with Crippen LogP contribution in [0.25, 0.3) is 5.76 Å². The molecule has 1 aromatic rings. The van der Waals surface area contributed by atoms with E-state index in [1.54, 1.807) is 26.0 Å². The second-order valence-corrected chi connectivity index (χ2v) is 3.06. The van der Waals surface area contributed by atoms with Crippen molar-refractivity contribution in [2.24, 2.45) is 5.92 Å². The Morgan fingerprint density at radius 2 is 2.31 bits per heavy atom. The van der Waals surface area contributed by atoms with Crippen molar-refractivity contribution in [3.63, 3.8) is 0 Å². The van der Waals surface area contributed by atoms with E-state index in [-0.39, 0.29) is 17.5 Å². The van der Waals surface area contributed by atoms with Gasteiger partial charge in [0.25, 0.3) is 0 Å². The molecule has 1 heterocycles. The fourth-order valence-corrected chi connectivity index (χ4v) is 0.797. The summed E-state index contributed by atoms with van der Waals surface area (Å²) < 4.78 is 4.91. The maximum atomic E-state index is 11.2. The zero-order chi connectivity index (χ0) is 9.84. The highest BCUT2D eigenvalue weighted by Gasteiger charge is 2.08. The van der Waals surface area contributed by atoms with E-state index >= 15 is 0 Å². The lowest BCUT2D eigenvalue weighted by Gasteiger charge is -1.98. The van der Waals surface area contributed by atoms with Crippen LogP contribution in [-0.2, 0) is 4.79 Å². The van der Waals surface area contributed by atoms with Crippen molar-refractivity contribution in [1.82, 2.24) is 0 Å². The van der Waals surface area contributed by atoms with E-state index in [0.717, 1.165) is 0 Å². The molecule has 1 N–H and O–H groups in total. The van der Waals surface area contributed by atoms with E-state index in [1.807, 2.05) is 0 Å². The number of carbonyl (C=O) groups is 1. The first-order valence-electron chi connectivity index (χ1n) is 4.09. The first kappa shape index (κ1) is 9.58. The van der Waals surface area contributed by atoms with Gasteiger partial charge in [-0.1, -0.05) is 13.8 Å². The number of aliphatic hydroxyl groups excluding tert-OH is 1. The zero-order valence-electron chi connectivity index (χ0n) is 7.65. The summed E-state index contributed by atoms with van der Waals surface area (Å²) in [6.45, 7) is 3.54. The van der Waals surface area contributed by atoms with E-state index < -0.39 is 0 Å². The van der Waals surface area contributed by atoms with Gasteiger partial charge in [-0.25, -0.2) is 0 Å². The van der Waals surface area contributed by atoms with Crippen molar-refractivity contribution in [2.45, 2.75) is 13.8 Å². The Morgan fingerprint density at radius 3 is 2.77 bits per heavy atom. The molecule has 0 bridgehead atoms. The van der Waals surface area contributed by atoms with Crippen LogP contribution in [0.1, 0.15) is 19.6 Å². The quantitative estimate of drug-likeness (QED) is 0.574. The van der Waals surface area contributed by atoms with Crippen LogP contribution in [0.5, 0.6) is 0 Å². The molecule has 70 valence electrons. The van der Waals surface area contributed by atoms with Crippen LogP contribution in [0.15, 0.2) is 28.9 Å². The van der Waals surface area contributed by atoms with Crippen LogP contribution in [-0.4, -0.2) is 10.9 Å². The van der Waals surface area contributed by atoms with Gasteiger partial charge in [-0.2, -0.15) is 0 Å². The number of carbonyl (C=O) groups excluding carboxylic acids is 1. The van der Waals surface area contributed by atoms with Gasteiger partial charge in [0.2, 0.25) is 0 Å². The Balaban J connectivity index is 2.78. The van der Waals surface area contributed by atoms with Gasteiger partial charge in [-0.3, -0.25) is 4.79 Å². The smallest absolute Gasteiger partial charge is 0.168 e. The topological polar surface area (TPSA) is 50.4 Å². The molecule has 1 aromatic heterocycles. The van der Waals surface area contributed by atoms with Crippen molar-refractivity contribution in [3.8, 4) is 0 Å². The molecule has 0 atom stereocenters. The standard InChI is InChI=1S/C10H12O3/c1-7(2)8(11)6-9(12)10-4-3-5-13-10/h3-7,12H,1-2H3/b9-6-. The highest BCUT2D eigenvalue weighted by Crippen LogP contribution is 2.12. The number of aliphatic hydroxyl groups is 1. The molecule has 0 aromatic carbocycles. The Labute approximate surface area is 76.7 Å². The third-order valence-corrected chi connectivity index (χ3v) is 1.62. The molecule has 0 aliphatic carbocycles. The molecular formula is C10H12O3. The molecule has 3 heteroatoms. The predicted molar refractivity (Wildman–Crippen MR) is 49.2 cm³/mol. The van der Waals surface area contributed by atoms with Gasteiger partial charge < -0.3 is 9.52 Å². The average Bonchev–Trinajstić information content (AvgIpc) is 2.55. The molecule has 1 rings (SSSR count). The third-order valence-electron chi connectivity index (χ3n) is 1.62. The van der Waals surface area contributed by atoms with Crippen LogP contribution in [0, 0.1) is 5.92 Å². The second-order valence-electron chi connectivity index (χ2n) is 3.06. The first-order chi connectivity index (χ1) is 6.11. The van der Waals surface area contributed by atoms with Crippen LogP contribution >= 0.6 is 0 Å². The van der Waals surface area contributed by atoms with Gasteiger partial charge in [0.05, 0.1) is 6.26 Å². The molecular weight excluding hydrogens is 168 g/mol. The Hall–Kier alpha value is -1.51. The zero-order valence-corrected chi connectivity index (χ0v) is 7.65. The number of rotatable bonds is 3. The van der Waals surface area contributed by atoms with E-state index in [0.29, 0.717) is 5.76 Å². The minimum absolute atomic E-state index is 0.114. The molecule has 13 heavy (non-hydrogen) atoms. The fourth-order valence-electron chi connectivity index (χ4n) is 0.797. The van der Waals surface area contributed by atoms with Gasteiger partial charge in [-0.15, -0.1) is 0 Å². The van der Waals surface area contributed by atoms with Crippen molar-refractivity contribution < 1.29 is 14.3 Å². The number of ketones is 1.